The predicted molar refractivity (Wildman–Crippen MR) is 85.7 cm³/mol. The highest BCUT2D eigenvalue weighted by Crippen LogP contribution is 2.18. The zero-order valence-corrected chi connectivity index (χ0v) is 14.2. The Balaban J connectivity index is 2.54. The SMILES string of the molecule is CCOC(CN/C=C(/C#N)C(=O)N1CCC(C(=O)O)CC1)OCC. The molecule has 1 amide bonds. The van der Waals surface area contributed by atoms with Crippen molar-refractivity contribution in [2.45, 2.75) is 33.0 Å². The first kappa shape index (κ1) is 19.9. The normalized spacial score (nSPS) is 16.1. The van der Waals surface area contributed by atoms with E-state index in [0.717, 1.165) is 0 Å². The van der Waals surface area contributed by atoms with Gasteiger partial charge in [-0.2, -0.15) is 5.26 Å². The second-order valence-electron chi connectivity index (χ2n) is 5.32. The average molecular weight is 339 g/mol. The molecule has 1 heterocycles. The molecule has 0 aromatic rings. The fourth-order valence-corrected chi connectivity index (χ4v) is 2.44. The van der Waals surface area contributed by atoms with Gasteiger partial charge in [0.15, 0.2) is 6.29 Å². The van der Waals surface area contributed by atoms with Gasteiger partial charge >= 0.3 is 5.97 Å². The molecule has 24 heavy (non-hydrogen) atoms. The van der Waals surface area contributed by atoms with E-state index in [1.165, 1.54) is 11.1 Å². The van der Waals surface area contributed by atoms with Crippen LogP contribution in [0.15, 0.2) is 11.8 Å². The van der Waals surface area contributed by atoms with Crippen LogP contribution in [0.4, 0.5) is 0 Å². The number of aliphatic carboxylic acids is 1. The van der Waals surface area contributed by atoms with Crippen LogP contribution in [0.1, 0.15) is 26.7 Å². The van der Waals surface area contributed by atoms with Gasteiger partial charge in [-0.3, -0.25) is 9.59 Å². The van der Waals surface area contributed by atoms with Crippen LogP contribution in [0.25, 0.3) is 0 Å². The first-order chi connectivity index (χ1) is 11.5. The van der Waals surface area contributed by atoms with Crippen LogP contribution in [0.5, 0.6) is 0 Å². The van der Waals surface area contributed by atoms with Gasteiger partial charge in [0, 0.05) is 32.5 Å². The van der Waals surface area contributed by atoms with Crippen molar-refractivity contribution >= 4 is 11.9 Å². The summed E-state index contributed by atoms with van der Waals surface area (Å²) in [4.78, 5) is 24.8. The predicted octanol–water partition coefficient (Wildman–Crippen LogP) is 0.706. The van der Waals surface area contributed by atoms with Crippen molar-refractivity contribution in [3.05, 3.63) is 11.8 Å². The molecule has 1 aliphatic heterocycles. The summed E-state index contributed by atoms with van der Waals surface area (Å²) in [6, 6.07) is 1.88. The molecule has 8 nitrogen and oxygen atoms in total. The minimum Gasteiger partial charge on any atom is -0.481 e. The molecular weight excluding hydrogens is 314 g/mol. The molecule has 0 radical (unpaired) electrons. The number of carboxylic acid groups (broad SMARTS) is 1. The highest BCUT2D eigenvalue weighted by atomic mass is 16.7. The van der Waals surface area contributed by atoms with E-state index in [2.05, 4.69) is 5.32 Å². The molecule has 0 aliphatic carbocycles. The minimum atomic E-state index is -0.835. The topological polar surface area (TPSA) is 112 Å². The monoisotopic (exact) mass is 339 g/mol. The Labute approximate surface area is 142 Å². The molecule has 0 bridgehead atoms. The molecule has 0 aromatic heterocycles. The first-order valence-corrected chi connectivity index (χ1v) is 8.12. The van der Waals surface area contributed by atoms with Gasteiger partial charge in [-0.15, -0.1) is 0 Å². The van der Waals surface area contributed by atoms with Gasteiger partial charge in [-0.05, 0) is 26.7 Å². The van der Waals surface area contributed by atoms with E-state index >= 15 is 0 Å². The van der Waals surface area contributed by atoms with Gasteiger partial charge in [0.05, 0.1) is 12.5 Å². The van der Waals surface area contributed by atoms with E-state index in [1.807, 2.05) is 19.9 Å². The van der Waals surface area contributed by atoms with Gasteiger partial charge < -0.3 is 24.8 Å². The van der Waals surface area contributed by atoms with Crippen LogP contribution in [-0.4, -0.2) is 61.0 Å². The van der Waals surface area contributed by atoms with E-state index in [0.29, 0.717) is 45.7 Å². The lowest BCUT2D eigenvalue weighted by atomic mass is 9.97. The van der Waals surface area contributed by atoms with Gasteiger partial charge in [0.25, 0.3) is 5.91 Å². The second-order valence-corrected chi connectivity index (χ2v) is 5.32. The highest BCUT2D eigenvalue weighted by Gasteiger charge is 2.28. The minimum absolute atomic E-state index is 0.0180. The number of ether oxygens (including phenoxy) is 2. The Kier molecular flexibility index (Phi) is 8.83. The number of nitrogens with zero attached hydrogens (tertiary/aromatic N) is 2. The first-order valence-electron chi connectivity index (χ1n) is 8.12. The number of hydrogen-bond acceptors (Lipinski definition) is 6. The maximum atomic E-state index is 12.3. The van der Waals surface area contributed by atoms with E-state index in [1.54, 1.807) is 0 Å². The number of rotatable bonds is 9. The van der Waals surface area contributed by atoms with Crippen LogP contribution in [0.2, 0.25) is 0 Å². The van der Waals surface area contributed by atoms with Gasteiger partial charge in [-0.1, -0.05) is 0 Å². The Morgan fingerprint density at radius 2 is 1.92 bits per heavy atom. The van der Waals surface area contributed by atoms with Crippen molar-refractivity contribution < 1.29 is 24.2 Å². The van der Waals surface area contributed by atoms with E-state index in [-0.39, 0.29) is 5.57 Å². The molecule has 0 atom stereocenters. The number of amides is 1. The van der Waals surface area contributed by atoms with Crippen LogP contribution in [-0.2, 0) is 19.1 Å². The van der Waals surface area contributed by atoms with Crippen LogP contribution in [0.3, 0.4) is 0 Å². The lowest BCUT2D eigenvalue weighted by Crippen LogP contribution is -2.41. The Morgan fingerprint density at radius 3 is 2.38 bits per heavy atom. The van der Waals surface area contributed by atoms with Crippen molar-refractivity contribution in [2.24, 2.45) is 5.92 Å². The summed E-state index contributed by atoms with van der Waals surface area (Å²) in [5.41, 5.74) is -0.0180. The van der Waals surface area contributed by atoms with Crippen molar-refractivity contribution in [2.75, 3.05) is 32.8 Å². The number of piperidine rings is 1. The highest BCUT2D eigenvalue weighted by molar-refractivity contribution is 5.97. The molecule has 0 unspecified atom stereocenters. The van der Waals surface area contributed by atoms with Gasteiger partial charge in [0.2, 0.25) is 0 Å². The van der Waals surface area contributed by atoms with Gasteiger partial charge in [-0.25, -0.2) is 0 Å². The summed E-state index contributed by atoms with van der Waals surface area (Å²) in [5, 5.41) is 21.0. The zero-order chi connectivity index (χ0) is 17.9. The second kappa shape index (κ2) is 10.6. The number of likely N-dealkylation sites (tertiary alicyclic amines) is 1. The summed E-state index contributed by atoms with van der Waals surface area (Å²) in [6.07, 6.45) is 1.72. The van der Waals surface area contributed by atoms with E-state index < -0.39 is 24.1 Å². The molecule has 2 N–H and O–H groups in total. The van der Waals surface area contributed by atoms with Crippen molar-refractivity contribution in [1.82, 2.24) is 10.2 Å². The standard InChI is InChI=1S/C16H25N3O5/c1-3-23-14(24-4-2)11-18-10-13(9-17)15(20)19-7-5-12(6-8-19)16(21)22/h10,12,14,18H,3-8,11H2,1-2H3,(H,21,22)/b13-10-. The van der Waals surface area contributed by atoms with Crippen LogP contribution in [0, 0.1) is 17.2 Å². The van der Waals surface area contributed by atoms with Crippen molar-refractivity contribution in [1.29, 1.82) is 5.26 Å². The molecule has 1 fully saturated rings. The number of carbonyl (C=O) groups is 2. The molecular formula is C16H25N3O5. The molecule has 1 aliphatic rings. The molecule has 1 rings (SSSR count). The van der Waals surface area contributed by atoms with Gasteiger partial charge in [0.1, 0.15) is 11.6 Å². The maximum Gasteiger partial charge on any atom is 0.306 e. The number of carboxylic acids is 1. The number of carbonyl (C=O) groups excluding carboxylic acids is 1. The van der Waals surface area contributed by atoms with Crippen LogP contribution >= 0.6 is 0 Å². The number of nitrogens with one attached hydrogen (secondary N) is 1. The lowest BCUT2D eigenvalue weighted by Gasteiger charge is -2.29. The molecule has 1 saturated heterocycles. The summed E-state index contributed by atoms with van der Waals surface area (Å²) in [5.74, 6) is -1.64. The summed E-state index contributed by atoms with van der Waals surface area (Å²) < 4.78 is 10.7. The summed E-state index contributed by atoms with van der Waals surface area (Å²) >= 11 is 0. The van der Waals surface area contributed by atoms with E-state index in [4.69, 9.17) is 14.6 Å². The summed E-state index contributed by atoms with van der Waals surface area (Å²) in [6.45, 7) is 5.71. The van der Waals surface area contributed by atoms with E-state index in [9.17, 15) is 14.9 Å². The fraction of sp³-hybridized carbons (Fsp3) is 0.688. The molecule has 134 valence electrons. The maximum absolute atomic E-state index is 12.3. The number of nitriles is 1. The fourth-order valence-electron chi connectivity index (χ4n) is 2.44. The Morgan fingerprint density at radius 1 is 1.33 bits per heavy atom. The molecule has 0 spiro atoms. The number of hydrogen-bond donors (Lipinski definition) is 2. The molecule has 0 aromatic carbocycles. The smallest absolute Gasteiger partial charge is 0.306 e. The quantitative estimate of drug-likeness (QED) is 0.361. The largest absolute Gasteiger partial charge is 0.481 e. The average Bonchev–Trinajstić information content (AvgIpc) is 2.58. The van der Waals surface area contributed by atoms with Crippen molar-refractivity contribution in [3.63, 3.8) is 0 Å². The molecule has 8 heteroatoms. The van der Waals surface area contributed by atoms with Crippen molar-refractivity contribution in [3.8, 4) is 6.07 Å². The van der Waals surface area contributed by atoms with Crippen LogP contribution < -0.4 is 5.32 Å². The molecule has 0 saturated carbocycles. The lowest BCUT2D eigenvalue weighted by molar-refractivity contribution is -0.145. The summed E-state index contributed by atoms with van der Waals surface area (Å²) in [7, 11) is 0. The zero-order valence-electron chi connectivity index (χ0n) is 14.2. The third-order valence-electron chi connectivity index (χ3n) is 3.72. The third kappa shape index (κ3) is 6.18. The Bertz CT molecular complexity index is 486. The third-order valence-corrected chi connectivity index (χ3v) is 3.72. The Hall–Kier alpha value is -2.11.